The average Bonchev–Trinajstić information content (AvgIpc) is 2.80. The summed E-state index contributed by atoms with van der Waals surface area (Å²) in [7, 11) is 2.22. The first-order valence-corrected chi connectivity index (χ1v) is 11.7. The maximum atomic E-state index is 9.67. The third-order valence-electron chi connectivity index (χ3n) is 6.78. The monoisotopic (exact) mass is 423 g/mol. The van der Waals surface area contributed by atoms with Crippen LogP contribution in [-0.4, -0.2) is 78.3 Å². The summed E-state index contributed by atoms with van der Waals surface area (Å²) >= 11 is 0. The number of hydrogen-bond acceptors (Lipinski definition) is 5. The fourth-order valence-electron chi connectivity index (χ4n) is 5.02. The molecule has 168 valence electrons. The minimum absolute atomic E-state index is 0.268. The standard InChI is InChI=1S/C26H37N3O2/c1-27-13-10-24(11-14-27)29-16-15-28(20-25(29)12-17-30)19-23-8-5-9-26(18-23)31-21-22-6-3-2-4-7-22/h2-9,18,24-25,30H,10-17,19-21H2,1H3. The zero-order valence-corrected chi connectivity index (χ0v) is 18.8. The summed E-state index contributed by atoms with van der Waals surface area (Å²) in [6.45, 7) is 7.39. The van der Waals surface area contributed by atoms with E-state index < -0.39 is 0 Å². The van der Waals surface area contributed by atoms with Crippen molar-refractivity contribution < 1.29 is 9.84 Å². The van der Waals surface area contributed by atoms with Crippen LogP contribution in [0, 0.1) is 0 Å². The van der Waals surface area contributed by atoms with Gasteiger partial charge in [0.1, 0.15) is 12.4 Å². The van der Waals surface area contributed by atoms with E-state index in [0.717, 1.165) is 38.3 Å². The quantitative estimate of drug-likeness (QED) is 0.706. The van der Waals surface area contributed by atoms with E-state index >= 15 is 0 Å². The highest BCUT2D eigenvalue weighted by atomic mass is 16.5. The number of benzene rings is 2. The van der Waals surface area contributed by atoms with Crippen LogP contribution in [0.1, 0.15) is 30.4 Å². The lowest BCUT2D eigenvalue weighted by Crippen LogP contribution is -2.58. The molecule has 0 spiro atoms. The maximum absolute atomic E-state index is 9.67. The lowest BCUT2D eigenvalue weighted by Gasteiger charge is -2.47. The van der Waals surface area contributed by atoms with Crippen molar-refractivity contribution in [1.82, 2.24) is 14.7 Å². The van der Waals surface area contributed by atoms with Gasteiger partial charge in [-0.2, -0.15) is 0 Å². The Morgan fingerprint density at radius 3 is 2.48 bits per heavy atom. The summed E-state index contributed by atoms with van der Waals surface area (Å²) < 4.78 is 6.02. The third-order valence-corrected chi connectivity index (χ3v) is 6.78. The molecule has 2 heterocycles. The Kier molecular flexibility index (Phi) is 7.97. The zero-order chi connectivity index (χ0) is 21.5. The van der Waals surface area contributed by atoms with E-state index in [2.05, 4.69) is 52.1 Å². The van der Waals surface area contributed by atoms with Crippen LogP contribution in [0.15, 0.2) is 54.6 Å². The summed E-state index contributed by atoms with van der Waals surface area (Å²) in [5.41, 5.74) is 2.48. The molecule has 1 atom stereocenters. The Hall–Kier alpha value is -1.92. The van der Waals surface area contributed by atoms with Gasteiger partial charge in [-0.25, -0.2) is 0 Å². The van der Waals surface area contributed by atoms with Gasteiger partial charge in [-0.05, 0) is 62.7 Å². The van der Waals surface area contributed by atoms with Crippen molar-refractivity contribution >= 4 is 0 Å². The molecule has 1 unspecified atom stereocenters. The van der Waals surface area contributed by atoms with E-state index in [1.54, 1.807) is 0 Å². The topological polar surface area (TPSA) is 39.2 Å². The predicted molar refractivity (Wildman–Crippen MR) is 125 cm³/mol. The van der Waals surface area contributed by atoms with Gasteiger partial charge in [-0.15, -0.1) is 0 Å². The van der Waals surface area contributed by atoms with E-state index in [1.807, 2.05) is 24.3 Å². The Morgan fingerprint density at radius 2 is 1.71 bits per heavy atom. The van der Waals surface area contributed by atoms with Gasteiger partial charge in [0.05, 0.1) is 0 Å². The first kappa shape index (κ1) is 22.3. The maximum Gasteiger partial charge on any atom is 0.120 e. The molecule has 5 nitrogen and oxygen atoms in total. The van der Waals surface area contributed by atoms with Gasteiger partial charge in [0.15, 0.2) is 0 Å². The Morgan fingerprint density at radius 1 is 0.935 bits per heavy atom. The highest BCUT2D eigenvalue weighted by molar-refractivity contribution is 5.29. The van der Waals surface area contributed by atoms with Crippen LogP contribution in [0.2, 0.25) is 0 Å². The summed E-state index contributed by atoms with van der Waals surface area (Å²) in [6, 6.07) is 19.9. The van der Waals surface area contributed by atoms with Crippen LogP contribution in [0.3, 0.4) is 0 Å². The molecule has 0 bridgehead atoms. The predicted octanol–water partition coefficient (Wildman–Crippen LogP) is 3.23. The smallest absolute Gasteiger partial charge is 0.120 e. The van der Waals surface area contributed by atoms with Crippen molar-refractivity contribution in [2.45, 2.75) is 44.5 Å². The summed E-state index contributed by atoms with van der Waals surface area (Å²) in [5, 5.41) is 9.67. The van der Waals surface area contributed by atoms with Crippen molar-refractivity contribution in [1.29, 1.82) is 0 Å². The number of piperidine rings is 1. The van der Waals surface area contributed by atoms with Crippen LogP contribution in [0.5, 0.6) is 5.75 Å². The van der Waals surface area contributed by atoms with Crippen LogP contribution in [-0.2, 0) is 13.2 Å². The minimum Gasteiger partial charge on any atom is -0.489 e. The molecule has 0 aliphatic carbocycles. The van der Waals surface area contributed by atoms with Crippen molar-refractivity contribution in [2.75, 3.05) is 46.4 Å². The van der Waals surface area contributed by atoms with Gasteiger partial charge in [0.25, 0.3) is 0 Å². The van der Waals surface area contributed by atoms with Crippen LogP contribution >= 0.6 is 0 Å². The number of aliphatic hydroxyl groups is 1. The van der Waals surface area contributed by atoms with E-state index in [9.17, 15) is 5.11 Å². The number of nitrogens with zero attached hydrogens (tertiary/aromatic N) is 3. The van der Waals surface area contributed by atoms with E-state index in [-0.39, 0.29) is 6.61 Å². The number of piperazine rings is 1. The molecule has 2 fully saturated rings. The molecule has 0 saturated carbocycles. The first-order chi connectivity index (χ1) is 15.2. The molecule has 0 aromatic heterocycles. The summed E-state index contributed by atoms with van der Waals surface area (Å²) in [5.74, 6) is 0.929. The summed E-state index contributed by atoms with van der Waals surface area (Å²) in [4.78, 5) is 7.67. The lowest BCUT2D eigenvalue weighted by atomic mass is 9.98. The lowest BCUT2D eigenvalue weighted by molar-refractivity contribution is 0.00598. The fraction of sp³-hybridized carbons (Fsp3) is 0.538. The number of likely N-dealkylation sites (tertiary alicyclic amines) is 1. The molecule has 2 aromatic carbocycles. The molecule has 1 N–H and O–H groups in total. The van der Waals surface area contributed by atoms with Crippen LogP contribution < -0.4 is 4.74 Å². The highest BCUT2D eigenvalue weighted by Gasteiger charge is 2.33. The normalized spacial score (nSPS) is 21.9. The Balaban J connectivity index is 1.33. The average molecular weight is 424 g/mol. The summed E-state index contributed by atoms with van der Waals surface area (Å²) in [6.07, 6.45) is 3.36. The number of aliphatic hydroxyl groups excluding tert-OH is 1. The molecule has 2 aliphatic heterocycles. The molecule has 0 amide bonds. The molecule has 2 aromatic rings. The molecular weight excluding hydrogens is 386 g/mol. The van der Waals surface area contributed by atoms with Crippen molar-refractivity contribution in [3.63, 3.8) is 0 Å². The van der Waals surface area contributed by atoms with Gasteiger partial charge in [-0.1, -0.05) is 42.5 Å². The van der Waals surface area contributed by atoms with Crippen molar-refractivity contribution in [3.05, 3.63) is 65.7 Å². The molecule has 4 rings (SSSR count). The second-order valence-electron chi connectivity index (χ2n) is 9.10. The van der Waals surface area contributed by atoms with E-state index in [0.29, 0.717) is 18.7 Å². The molecule has 2 saturated heterocycles. The van der Waals surface area contributed by atoms with Crippen molar-refractivity contribution in [3.8, 4) is 5.75 Å². The number of rotatable bonds is 8. The zero-order valence-electron chi connectivity index (χ0n) is 18.8. The van der Waals surface area contributed by atoms with Gasteiger partial charge < -0.3 is 14.7 Å². The van der Waals surface area contributed by atoms with Gasteiger partial charge in [0, 0.05) is 44.9 Å². The molecule has 5 heteroatoms. The number of hydrogen-bond donors (Lipinski definition) is 1. The fourth-order valence-corrected chi connectivity index (χ4v) is 5.02. The van der Waals surface area contributed by atoms with Crippen molar-refractivity contribution in [2.24, 2.45) is 0 Å². The van der Waals surface area contributed by atoms with E-state index in [4.69, 9.17) is 4.74 Å². The van der Waals surface area contributed by atoms with Crippen LogP contribution in [0.25, 0.3) is 0 Å². The Bertz CT molecular complexity index is 792. The molecular formula is C26H37N3O2. The molecule has 0 radical (unpaired) electrons. The second kappa shape index (κ2) is 11.1. The Labute approximate surface area is 187 Å². The van der Waals surface area contributed by atoms with Crippen LogP contribution in [0.4, 0.5) is 0 Å². The van der Waals surface area contributed by atoms with E-state index in [1.165, 1.54) is 37.1 Å². The second-order valence-corrected chi connectivity index (χ2v) is 9.10. The SMILES string of the molecule is CN1CCC(N2CCN(Cc3cccc(OCc4ccccc4)c3)CC2CCO)CC1. The van der Waals surface area contributed by atoms with Gasteiger partial charge >= 0.3 is 0 Å². The third kappa shape index (κ3) is 6.30. The highest BCUT2D eigenvalue weighted by Crippen LogP contribution is 2.24. The largest absolute Gasteiger partial charge is 0.489 e. The molecule has 2 aliphatic rings. The minimum atomic E-state index is 0.268. The first-order valence-electron chi connectivity index (χ1n) is 11.7. The van der Waals surface area contributed by atoms with Gasteiger partial charge in [-0.3, -0.25) is 9.80 Å². The number of ether oxygens (including phenoxy) is 1. The van der Waals surface area contributed by atoms with Gasteiger partial charge in [0.2, 0.25) is 0 Å². The molecule has 31 heavy (non-hydrogen) atoms.